The minimum atomic E-state index is -0.561. The molecule has 2 bridgehead atoms. The van der Waals surface area contributed by atoms with Gasteiger partial charge in [-0.2, -0.15) is 0 Å². The van der Waals surface area contributed by atoms with Crippen molar-refractivity contribution in [2.45, 2.75) is 393 Å². The predicted molar refractivity (Wildman–Crippen MR) is 575 cm³/mol. The highest BCUT2D eigenvalue weighted by Gasteiger charge is 2.51. The van der Waals surface area contributed by atoms with E-state index in [1.54, 1.807) is 25.3 Å². The van der Waals surface area contributed by atoms with Crippen LogP contribution < -0.4 is 32.8 Å². The Balaban J connectivity index is 0.000000128. The normalized spacial score (nSPS) is 25.5. The van der Waals surface area contributed by atoms with Crippen molar-refractivity contribution in [1.29, 1.82) is 0 Å². The van der Waals surface area contributed by atoms with Crippen LogP contribution in [0, 0.1) is 23.7 Å². The van der Waals surface area contributed by atoms with Gasteiger partial charge in [0.2, 0.25) is 0 Å². The lowest BCUT2D eigenvalue weighted by atomic mass is 9.81. The third kappa shape index (κ3) is 23.7. The standard InChI is InChI=1S/C31H38N4O2.C30H41N3O5.C30H41N3O4.C29H41N3O3/c1-21-13-14-22(20-32-21)30(36)19-28-31(37)35(29-12-8-7-11-27(29)33-28)26-17-24-15-16-25(18-26)34(24)23-9-5-3-2-4-6-10-23;1-37-28(35)23-12-10-11-22(23)26-27(34)33(25-14-7-6-13-24(25)31-26)21-15-19-32(20-16-21)30(29(36)38-2)17-8-4-3-5-9-18-30;1-21(34)23-11-10-12-24(23)27-28(35)33(26-14-7-6-13-25(26)31-27)22-15-19-32(20-16-22)30(29(36)37-2)17-8-4-3-5-9-18-30;1-35-29(34)22-14-13-21(19-22)20-26-28(33)32(27-12-8-7-11-25(27)30-26)24-15-17-31(18-16-24)23-9-5-3-2-4-6-10-23/h7-8,11-14,20,23-26,36H,1-6,9-10,15-19H2;6-7,13-14,21-23H,3-5,8-12,15-20H2,1-2H3;6-7,13-14,22-24H,3-5,8-12,15-20H2,1-2H3;7-8,11-12,21-24H,2-6,9-10,13-20H2,1H3/t24-,25+,26?;22?,23-;23-,24?;21-,22+/m.101/s1. The highest BCUT2D eigenvalue weighted by atomic mass is 16.5. The minimum Gasteiger partial charge on any atom is -0.511 e. The number of ketones is 1. The molecule has 3 unspecified atom stereocenters. The topological polar surface area (TPSA) is 308 Å². The first-order valence-electron chi connectivity index (χ1n) is 56.9. The van der Waals surface area contributed by atoms with Gasteiger partial charge in [-0.15, -0.1) is 0 Å². The predicted octanol–water partition coefficient (Wildman–Crippen LogP) is 19.6. The number of ether oxygens (including phenoxy) is 4. The van der Waals surface area contributed by atoms with E-state index in [4.69, 9.17) is 38.9 Å². The summed E-state index contributed by atoms with van der Waals surface area (Å²) in [6, 6.07) is 38.3. The lowest BCUT2D eigenvalue weighted by molar-refractivity contribution is -0.159. The van der Waals surface area contributed by atoms with Crippen LogP contribution in [0.15, 0.2) is 135 Å². The third-order valence-corrected chi connectivity index (χ3v) is 36.6. The number of benzene rings is 4. The Morgan fingerprint density at radius 3 is 1.20 bits per heavy atom. The summed E-state index contributed by atoms with van der Waals surface area (Å²) in [5, 5.41) is 12.1. The molecule has 21 rings (SSSR count). The van der Waals surface area contributed by atoms with Gasteiger partial charge in [-0.1, -0.05) is 196 Å². The monoisotopic (exact) mass is 2010 g/mol. The highest BCUT2D eigenvalue weighted by Crippen LogP contribution is 2.48. The molecule has 7 aliphatic carbocycles. The Hall–Kier alpha value is -10.5. The van der Waals surface area contributed by atoms with Gasteiger partial charge in [0.1, 0.15) is 45.4 Å². The van der Waals surface area contributed by atoms with E-state index in [-0.39, 0.29) is 118 Å². The number of carbonyl (C=O) groups excluding carboxylic acids is 5. The molecule has 1 N–H and O–H groups in total. The number of methoxy groups -OCH3 is 4. The van der Waals surface area contributed by atoms with Crippen molar-refractivity contribution in [1.82, 2.24) is 62.8 Å². The van der Waals surface area contributed by atoms with Gasteiger partial charge in [-0.05, 0) is 240 Å². The fourth-order valence-corrected chi connectivity index (χ4v) is 29.0. The second kappa shape index (κ2) is 49.5. The molecule has 12 aliphatic rings. The Labute approximate surface area is 866 Å². The van der Waals surface area contributed by atoms with E-state index in [1.807, 2.05) is 105 Å². The van der Waals surface area contributed by atoms with Gasteiger partial charge in [0, 0.05) is 117 Å². The van der Waals surface area contributed by atoms with Crippen molar-refractivity contribution in [2.75, 3.05) is 67.7 Å². The first-order chi connectivity index (χ1) is 71.7. The van der Waals surface area contributed by atoms with Crippen LogP contribution in [0.4, 0.5) is 0 Å². The maximum absolute atomic E-state index is 14.1. The summed E-state index contributed by atoms with van der Waals surface area (Å²) >= 11 is 0. The van der Waals surface area contributed by atoms with Crippen molar-refractivity contribution < 1.29 is 48.0 Å². The molecule has 147 heavy (non-hydrogen) atoms. The maximum Gasteiger partial charge on any atom is 0.326 e. The van der Waals surface area contributed by atoms with Crippen molar-refractivity contribution in [3.8, 4) is 0 Å². The van der Waals surface area contributed by atoms with Gasteiger partial charge in [0.15, 0.2) is 0 Å². The van der Waals surface area contributed by atoms with Crippen molar-refractivity contribution in [2.24, 2.45) is 23.7 Å². The number of rotatable bonds is 19. The molecule has 0 amide bonds. The van der Waals surface area contributed by atoms with Crippen LogP contribution in [0.25, 0.3) is 56.5 Å². The van der Waals surface area contributed by atoms with E-state index in [0.717, 1.165) is 263 Å². The number of fused-ring (bicyclic) bond motifs is 6. The molecule has 10 heterocycles. The number of pyridine rings is 1. The minimum absolute atomic E-state index is 0.00614. The molecule has 9 atom stereocenters. The van der Waals surface area contributed by atoms with Crippen molar-refractivity contribution >= 4 is 86.1 Å². The Morgan fingerprint density at radius 1 is 0.367 bits per heavy atom. The van der Waals surface area contributed by atoms with Crippen molar-refractivity contribution in [3.63, 3.8) is 0 Å². The molecule has 12 fully saturated rings. The number of hydrogen-bond acceptors (Lipinski definition) is 23. The summed E-state index contributed by atoms with van der Waals surface area (Å²) in [6.45, 7) is 10.6. The average molecular weight is 2010 g/mol. The summed E-state index contributed by atoms with van der Waals surface area (Å²) < 4.78 is 28.7. The zero-order valence-electron chi connectivity index (χ0n) is 88.2. The first-order valence-corrected chi connectivity index (χ1v) is 56.9. The lowest BCUT2D eigenvalue weighted by Crippen LogP contribution is -2.58. The molecule has 4 aromatic carbocycles. The van der Waals surface area contributed by atoms with Crippen LogP contribution in [0.3, 0.4) is 0 Å². The third-order valence-electron chi connectivity index (χ3n) is 36.6. The van der Waals surface area contributed by atoms with Gasteiger partial charge in [0.25, 0.3) is 22.2 Å². The van der Waals surface area contributed by atoms with Crippen LogP contribution in [0.2, 0.25) is 0 Å². The van der Waals surface area contributed by atoms with Crippen LogP contribution >= 0.6 is 0 Å². The second-order valence-electron chi connectivity index (χ2n) is 45.2. The molecule has 5 aliphatic heterocycles. The molecule has 790 valence electrons. The fourth-order valence-electron chi connectivity index (χ4n) is 29.0. The Morgan fingerprint density at radius 2 is 0.762 bits per heavy atom. The van der Waals surface area contributed by atoms with E-state index >= 15 is 0 Å². The summed E-state index contributed by atoms with van der Waals surface area (Å²) in [5.41, 5.74) is 7.77. The van der Waals surface area contributed by atoms with Gasteiger partial charge >= 0.3 is 23.9 Å². The van der Waals surface area contributed by atoms with Crippen LogP contribution in [-0.4, -0.2) is 201 Å². The molecule has 0 spiro atoms. The highest BCUT2D eigenvalue weighted by molar-refractivity contribution is 5.83. The number of aromatic nitrogens is 9. The number of nitrogens with zero attached hydrogens (tertiary/aromatic N) is 13. The van der Waals surface area contributed by atoms with E-state index in [9.17, 15) is 48.3 Å². The molecule has 0 radical (unpaired) electrons. The Bertz CT molecular complexity index is 6400. The number of esters is 4. The zero-order valence-corrected chi connectivity index (χ0v) is 88.2. The summed E-state index contributed by atoms with van der Waals surface area (Å²) in [7, 11) is 5.89. The van der Waals surface area contributed by atoms with Crippen LogP contribution in [0.5, 0.6) is 0 Å². The molecule has 5 aromatic heterocycles. The molecule has 7 saturated carbocycles. The summed E-state index contributed by atoms with van der Waals surface area (Å²) in [5.74, 6) is -0.794. The zero-order chi connectivity index (χ0) is 102. The number of para-hydroxylation sites is 8. The average Bonchev–Trinajstić information content (AvgIpc) is 0.835. The van der Waals surface area contributed by atoms with Gasteiger partial charge < -0.3 is 47.2 Å². The number of piperidine rings is 4. The molecular formula is C120H161N13O14. The number of likely N-dealkylation sites (tertiary alicyclic amines) is 3. The fraction of sp³-hybridized carbons (Fsp3) is 0.633. The van der Waals surface area contributed by atoms with Gasteiger partial charge in [-0.25, -0.2) is 19.9 Å². The molecule has 27 heteroatoms. The summed E-state index contributed by atoms with van der Waals surface area (Å²) in [4.78, 5) is 153. The number of Topliss-reactive ketones (excluding diaryl/α,β-unsaturated/α-hetero) is 1. The Kier molecular flexibility index (Phi) is 35.8. The van der Waals surface area contributed by atoms with E-state index < -0.39 is 11.1 Å². The van der Waals surface area contributed by atoms with Crippen molar-refractivity contribution in [3.05, 3.63) is 190 Å². The first kappa shape index (κ1) is 106. The maximum atomic E-state index is 14.1. The van der Waals surface area contributed by atoms with E-state index in [0.29, 0.717) is 63.8 Å². The second-order valence-corrected chi connectivity index (χ2v) is 45.2. The van der Waals surface area contributed by atoms with E-state index in [1.165, 1.54) is 157 Å². The van der Waals surface area contributed by atoms with E-state index in [2.05, 4.69) is 41.8 Å². The number of carbonyl (C=O) groups is 5. The van der Waals surface area contributed by atoms with Crippen LogP contribution in [0.1, 0.15) is 367 Å². The number of aliphatic hydroxyl groups is 1. The number of hydrogen-bond donors (Lipinski definition) is 1. The quantitative estimate of drug-likeness (QED) is 0.0581. The molecule has 5 saturated heterocycles. The SMILES string of the molecule is C=c1ccc(=C(O)Cc2nc3ccccc3n(C3C[C@H]4CC[C@@H](C3)N4C3CCCCCCC3)c2=O)cn1.COC(=O)C1(N2CCC(n3c(=O)c(C4CCC[C@H]4C(C)=O)nc4ccccc43)CC2)CCCCCCC1.COC(=O)[C@@H]1CCCC1c1nc2ccccc2n(C2CCN(C3(C(=O)OC)CCCCCCC3)CC2)c1=O.COC(=O)[C@H]1CC[C@@H](Cc2nc3ccccc3n(C3CCN(C4CCCCCCC4)CC3)c2=O)C1. The number of aliphatic hydroxyl groups excluding tert-OH is 1. The van der Waals surface area contributed by atoms with Gasteiger partial charge in [0.05, 0.1) is 96.2 Å². The smallest absolute Gasteiger partial charge is 0.326 e. The largest absolute Gasteiger partial charge is 0.511 e. The summed E-state index contributed by atoms with van der Waals surface area (Å²) in [6.07, 6.45) is 53.4. The van der Waals surface area contributed by atoms with Gasteiger partial charge in [-0.3, -0.25) is 62.8 Å². The van der Waals surface area contributed by atoms with Crippen LogP contribution in [-0.2, 0) is 55.8 Å². The molecular weight excluding hydrogens is 1850 g/mol. The molecule has 27 nitrogen and oxygen atoms in total. The lowest BCUT2D eigenvalue weighted by Gasteiger charge is -2.46. The molecule has 9 aromatic rings.